The van der Waals surface area contributed by atoms with Gasteiger partial charge in [-0.1, -0.05) is 61.7 Å². The minimum atomic E-state index is -0.391. The van der Waals surface area contributed by atoms with Gasteiger partial charge >= 0.3 is 0 Å². The lowest BCUT2D eigenvalue weighted by molar-refractivity contribution is -0.123. The van der Waals surface area contributed by atoms with Crippen LogP contribution in [0.25, 0.3) is 27.8 Å². The van der Waals surface area contributed by atoms with Crippen molar-refractivity contribution in [2.75, 3.05) is 23.0 Å². The number of halogens is 2. The Morgan fingerprint density at radius 1 is 0.638 bits per heavy atom. The number of nitrogens with zero attached hydrogens (tertiary/aromatic N) is 4. The molecule has 0 unspecified atom stereocenters. The zero-order chi connectivity index (χ0) is 39.9. The summed E-state index contributed by atoms with van der Waals surface area (Å²) < 4.78 is 41.3. The summed E-state index contributed by atoms with van der Waals surface area (Å²) in [6.45, 7) is 4.25. The lowest BCUT2D eigenvalue weighted by Crippen LogP contribution is -2.55. The first-order chi connectivity index (χ1) is 28.3. The molecule has 1 fully saturated rings. The quantitative estimate of drug-likeness (QED) is 0.214. The lowest BCUT2D eigenvalue weighted by atomic mass is 9.80. The van der Waals surface area contributed by atoms with Crippen LogP contribution in [-0.2, 0) is 9.59 Å². The van der Waals surface area contributed by atoms with Gasteiger partial charge in [-0.15, -0.1) is 0 Å². The number of ether oxygens (including phenoxy) is 2. The second kappa shape index (κ2) is 15.7. The van der Waals surface area contributed by atoms with Gasteiger partial charge in [0.15, 0.2) is 11.7 Å². The van der Waals surface area contributed by atoms with Gasteiger partial charge < -0.3 is 19.3 Å². The molecule has 10 nitrogen and oxygen atoms in total. The summed E-state index contributed by atoms with van der Waals surface area (Å²) in [6, 6.07) is 21.0. The van der Waals surface area contributed by atoms with Crippen LogP contribution >= 0.6 is 0 Å². The molecule has 298 valence electrons. The Hall–Kier alpha value is -6.04. The molecule has 6 aliphatic rings. The number of hydrogen-bond donors (Lipinski definition) is 2. The molecule has 2 amide bonds. The smallest absolute Gasteiger partial charge is 0.262 e. The van der Waals surface area contributed by atoms with Crippen molar-refractivity contribution in [2.24, 2.45) is 10.2 Å². The van der Waals surface area contributed by atoms with Gasteiger partial charge in [0.1, 0.15) is 48.4 Å². The van der Waals surface area contributed by atoms with Crippen LogP contribution in [0.1, 0.15) is 88.7 Å². The van der Waals surface area contributed by atoms with E-state index in [0.717, 1.165) is 65.7 Å². The van der Waals surface area contributed by atoms with Crippen molar-refractivity contribution in [3.63, 3.8) is 0 Å². The fourth-order valence-corrected chi connectivity index (χ4v) is 9.07. The van der Waals surface area contributed by atoms with E-state index in [4.69, 9.17) is 9.47 Å². The highest BCUT2D eigenvalue weighted by Gasteiger charge is 2.38. The molecule has 0 bridgehead atoms. The van der Waals surface area contributed by atoms with Crippen LogP contribution in [-0.4, -0.2) is 48.8 Å². The second-order valence-corrected chi connectivity index (χ2v) is 15.7. The van der Waals surface area contributed by atoms with E-state index in [1.807, 2.05) is 60.0 Å². The molecule has 58 heavy (non-hydrogen) atoms. The number of amidine groups is 2. The van der Waals surface area contributed by atoms with E-state index in [9.17, 15) is 18.4 Å². The van der Waals surface area contributed by atoms with Gasteiger partial charge in [0.2, 0.25) is 0 Å². The van der Waals surface area contributed by atoms with E-state index in [1.165, 1.54) is 43.4 Å². The van der Waals surface area contributed by atoms with E-state index in [0.29, 0.717) is 40.2 Å². The van der Waals surface area contributed by atoms with Crippen molar-refractivity contribution in [3.8, 4) is 33.8 Å². The number of anilines is 2. The average molecular weight is 785 g/mol. The van der Waals surface area contributed by atoms with Crippen LogP contribution in [0, 0.1) is 11.6 Å². The number of benzene rings is 4. The largest absolute Gasteiger partial charge is 0.483 e. The Morgan fingerprint density at radius 2 is 1.19 bits per heavy atom. The van der Waals surface area contributed by atoms with E-state index in [2.05, 4.69) is 33.2 Å². The Kier molecular flexibility index (Phi) is 10.2. The Bertz CT molecular complexity index is 2390. The zero-order valence-electron chi connectivity index (χ0n) is 32.7. The average Bonchev–Trinajstić information content (AvgIpc) is 3.26. The normalized spacial score (nSPS) is 21.1. The molecule has 2 aliphatic carbocycles. The van der Waals surface area contributed by atoms with Crippen LogP contribution in [0.4, 0.5) is 20.2 Å². The zero-order valence-corrected chi connectivity index (χ0v) is 32.7. The third kappa shape index (κ3) is 6.88. The van der Waals surface area contributed by atoms with Gasteiger partial charge in [-0.25, -0.2) is 19.6 Å². The molecule has 1 saturated carbocycles. The fraction of sp³-hybridized carbons (Fsp3) is 0.348. The fourth-order valence-electron chi connectivity index (χ4n) is 9.07. The Labute approximate surface area is 336 Å². The summed E-state index contributed by atoms with van der Waals surface area (Å²) in [4.78, 5) is 28.3. The number of carbonyl (C=O) groups is 2. The minimum absolute atomic E-state index is 0.140. The van der Waals surface area contributed by atoms with Gasteiger partial charge in [-0.3, -0.25) is 9.59 Å². The molecule has 4 aliphatic heterocycles. The monoisotopic (exact) mass is 784 g/mol. The molecule has 4 aromatic carbocycles. The van der Waals surface area contributed by atoms with Crippen LogP contribution < -0.4 is 30.1 Å². The first kappa shape index (κ1) is 37.5. The van der Waals surface area contributed by atoms with Crippen molar-refractivity contribution in [2.45, 2.75) is 89.6 Å². The summed E-state index contributed by atoms with van der Waals surface area (Å²) in [6.07, 6.45) is 12.3. The number of nitrogens with one attached hydrogen (secondary N) is 2. The topological polar surface area (TPSA) is 108 Å². The summed E-state index contributed by atoms with van der Waals surface area (Å²) in [5.74, 6) is 2.27. The summed E-state index contributed by atoms with van der Waals surface area (Å²) in [7, 11) is 0. The summed E-state index contributed by atoms with van der Waals surface area (Å²) in [5, 5.41) is 8.34. The maximum Gasteiger partial charge on any atom is 0.262 e. The highest BCUT2D eigenvalue weighted by molar-refractivity contribution is 6.10. The Balaban J connectivity index is 0.000000150. The predicted molar refractivity (Wildman–Crippen MR) is 222 cm³/mol. The van der Waals surface area contributed by atoms with Crippen LogP contribution in [0.5, 0.6) is 11.5 Å². The molecule has 0 aromatic heterocycles. The van der Waals surface area contributed by atoms with Crippen LogP contribution in [0.3, 0.4) is 0 Å². The number of hydrazone groups is 2. The maximum absolute atomic E-state index is 14.7. The van der Waals surface area contributed by atoms with Gasteiger partial charge in [0.05, 0.1) is 11.4 Å². The van der Waals surface area contributed by atoms with Crippen molar-refractivity contribution < 1.29 is 27.8 Å². The van der Waals surface area contributed by atoms with Gasteiger partial charge in [-0.05, 0) is 123 Å². The number of carbonyl (C=O) groups excluding carboxylic acids is 2. The number of allylic oxidation sites excluding steroid dienone is 2. The van der Waals surface area contributed by atoms with Crippen LogP contribution in [0.15, 0.2) is 89.1 Å². The molecule has 10 rings (SSSR count). The van der Waals surface area contributed by atoms with E-state index < -0.39 is 6.04 Å². The van der Waals surface area contributed by atoms with E-state index in [1.54, 1.807) is 18.2 Å². The number of amides is 2. The van der Waals surface area contributed by atoms with Crippen molar-refractivity contribution in [1.82, 2.24) is 10.9 Å². The Morgan fingerprint density at radius 3 is 1.76 bits per heavy atom. The van der Waals surface area contributed by atoms with Gasteiger partial charge in [0.25, 0.3) is 11.8 Å². The third-order valence-electron chi connectivity index (χ3n) is 12.2. The molecule has 0 saturated heterocycles. The molecule has 4 aromatic rings. The first-order valence-corrected chi connectivity index (χ1v) is 20.4. The van der Waals surface area contributed by atoms with Gasteiger partial charge in [0, 0.05) is 11.1 Å². The van der Waals surface area contributed by atoms with E-state index in [-0.39, 0.29) is 42.7 Å². The predicted octanol–water partition coefficient (Wildman–Crippen LogP) is 9.05. The molecule has 2 N–H and O–H groups in total. The molecule has 0 radical (unpaired) electrons. The highest BCUT2D eigenvalue weighted by atomic mass is 19.1. The number of rotatable bonds is 4. The minimum Gasteiger partial charge on any atom is -0.483 e. The van der Waals surface area contributed by atoms with Crippen molar-refractivity contribution >= 4 is 40.4 Å². The van der Waals surface area contributed by atoms with E-state index >= 15 is 0 Å². The third-order valence-corrected chi connectivity index (χ3v) is 12.2. The molecule has 12 heteroatoms. The number of hydrogen-bond acceptors (Lipinski definition) is 8. The first-order valence-electron chi connectivity index (χ1n) is 20.4. The van der Waals surface area contributed by atoms with Crippen molar-refractivity contribution in [3.05, 3.63) is 102 Å². The summed E-state index contributed by atoms with van der Waals surface area (Å²) in [5.41, 5.74) is 13.0. The summed E-state index contributed by atoms with van der Waals surface area (Å²) >= 11 is 0. The molecular formula is C46H46F2N6O4. The van der Waals surface area contributed by atoms with Crippen LogP contribution in [0.2, 0.25) is 0 Å². The lowest BCUT2D eigenvalue weighted by Gasteiger charge is -2.39. The highest BCUT2D eigenvalue weighted by Crippen LogP contribution is 2.47. The maximum atomic E-state index is 14.7. The van der Waals surface area contributed by atoms with Crippen molar-refractivity contribution in [1.29, 1.82) is 0 Å². The molecule has 2 atom stereocenters. The second-order valence-electron chi connectivity index (χ2n) is 15.7. The SMILES string of the molecule is C[C@@H]1C(=O)NN=C2COc3cc(-c4ccccc4F)c(C4=CCCCC4)cc3N21.C[C@@H]1C(=O)NN=C2COc3cc(-c4ccccc4F)c(C4CCCCC4)cc3N21. The standard InChI is InChI=1S/C23H24FN3O2.C23H22FN3O2/c2*1-14-23(28)26-25-22-13-29-21-12-18(16-9-5-6-10-19(16)24)17(11-20(21)27(14)22)15-7-3-2-4-8-15/h5-6,9-12,14-15H,2-4,7-8,13H2,1H3,(H,26,28);5-7,9-12,14H,2-4,8,13H2,1H3,(H,26,28)/t2*14-/m11/s1. The molecular weight excluding hydrogens is 739 g/mol. The van der Waals surface area contributed by atoms with Gasteiger partial charge in [-0.2, -0.15) is 10.2 Å². The molecule has 4 heterocycles. The molecule has 0 spiro atoms. The number of fused-ring (bicyclic) bond motifs is 6.